The van der Waals surface area contributed by atoms with Crippen LogP contribution >= 0.6 is 0 Å². The predicted molar refractivity (Wildman–Crippen MR) is 112 cm³/mol. The molecule has 1 N–H and O–H groups in total. The molecule has 1 spiro atoms. The summed E-state index contributed by atoms with van der Waals surface area (Å²) in [7, 11) is 0. The van der Waals surface area contributed by atoms with Crippen molar-refractivity contribution >= 4 is 18.0 Å². The first-order valence-corrected chi connectivity index (χ1v) is 10.7. The van der Waals surface area contributed by atoms with Gasteiger partial charge in [0.05, 0.1) is 6.42 Å². The summed E-state index contributed by atoms with van der Waals surface area (Å²) in [5, 5.41) is 9.67. The zero-order valence-corrected chi connectivity index (χ0v) is 17.2. The summed E-state index contributed by atoms with van der Waals surface area (Å²) in [6.45, 7) is 5.73. The first-order chi connectivity index (χ1) is 13.4. The third kappa shape index (κ3) is 4.84. The minimum atomic E-state index is -1.01. The van der Waals surface area contributed by atoms with Crippen LogP contribution in [0.15, 0.2) is 29.8 Å². The van der Waals surface area contributed by atoms with Crippen LogP contribution in [-0.2, 0) is 9.59 Å². The molecule has 1 aromatic carbocycles. The number of hydrogen-bond donors (Lipinski definition) is 1. The van der Waals surface area contributed by atoms with Gasteiger partial charge in [-0.15, -0.1) is 0 Å². The molecule has 1 saturated heterocycles. The smallest absolute Gasteiger partial charge is 0.332 e. The van der Waals surface area contributed by atoms with Gasteiger partial charge in [0.1, 0.15) is 0 Å². The number of aliphatic carboxylic acids is 1. The van der Waals surface area contributed by atoms with E-state index < -0.39 is 5.97 Å². The number of benzene rings is 1. The highest BCUT2D eigenvalue weighted by atomic mass is 16.4. The van der Waals surface area contributed by atoms with E-state index in [1.165, 1.54) is 32.1 Å². The lowest BCUT2D eigenvalue weighted by atomic mass is 9.68. The fraction of sp³-hybridized carbons (Fsp3) is 0.583. The maximum Gasteiger partial charge on any atom is 0.332 e. The molecular weight excluding hydrogens is 350 g/mol. The number of carboxylic acid groups (broad SMARTS) is 1. The summed E-state index contributed by atoms with van der Waals surface area (Å²) in [5.74, 6) is -0.763. The van der Waals surface area contributed by atoms with Crippen molar-refractivity contribution in [1.82, 2.24) is 4.90 Å². The summed E-state index contributed by atoms with van der Waals surface area (Å²) in [4.78, 5) is 26.5. The molecule has 1 amide bonds. The topological polar surface area (TPSA) is 57.6 Å². The number of rotatable bonds is 5. The molecule has 2 fully saturated rings. The van der Waals surface area contributed by atoms with E-state index in [4.69, 9.17) is 0 Å². The van der Waals surface area contributed by atoms with Gasteiger partial charge >= 0.3 is 5.97 Å². The van der Waals surface area contributed by atoms with Crippen molar-refractivity contribution in [3.63, 3.8) is 0 Å². The van der Waals surface area contributed by atoms with Crippen molar-refractivity contribution in [3.05, 3.63) is 41.0 Å². The lowest BCUT2D eigenvalue weighted by Gasteiger charge is -2.44. The van der Waals surface area contributed by atoms with Crippen molar-refractivity contribution in [2.24, 2.45) is 5.41 Å². The minimum Gasteiger partial charge on any atom is -0.478 e. The van der Waals surface area contributed by atoms with Crippen LogP contribution in [0.4, 0.5) is 0 Å². The fourth-order valence-electron chi connectivity index (χ4n) is 4.85. The van der Waals surface area contributed by atoms with Crippen molar-refractivity contribution < 1.29 is 14.7 Å². The van der Waals surface area contributed by atoms with Crippen molar-refractivity contribution in [1.29, 1.82) is 0 Å². The molecule has 0 radical (unpaired) electrons. The third-order valence-corrected chi connectivity index (χ3v) is 6.66. The summed E-state index contributed by atoms with van der Waals surface area (Å²) in [5.41, 5.74) is 2.61. The molecule has 1 aliphatic heterocycles. The van der Waals surface area contributed by atoms with E-state index in [0.717, 1.165) is 37.1 Å². The number of amides is 1. The van der Waals surface area contributed by atoms with E-state index in [9.17, 15) is 14.7 Å². The van der Waals surface area contributed by atoms with Crippen LogP contribution in [0.3, 0.4) is 0 Å². The first kappa shape index (κ1) is 20.6. The van der Waals surface area contributed by atoms with E-state index in [1.54, 1.807) is 6.08 Å². The average Bonchev–Trinajstić information content (AvgIpc) is 2.68. The lowest BCUT2D eigenvalue weighted by Crippen LogP contribution is -2.44. The molecule has 0 atom stereocenters. The average molecular weight is 384 g/mol. The molecule has 4 nitrogen and oxygen atoms in total. The Labute approximate surface area is 168 Å². The largest absolute Gasteiger partial charge is 0.478 e. The highest BCUT2D eigenvalue weighted by molar-refractivity contribution is 5.98. The van der Waals surface area contributed by atoms with Crippen molar-refractivity contribution in [2.45, 2.75) is 71.1 Å². The molecule has 1 aromatic rings. The van der Waals surface area contributed by atoms with Gasteiger partial charge in [-0.2, -0.15) is 0 Å². The van der Waals surface area contributed by atoms with Gasteiger partial charge in [0.15, 0.2) is 0 Å². The van der Waals surface area contributed by atoms with E-state index in [2.05, 4.69) is 13.8 Å². The highest BCUT2D eigenvalue weighted by Gasteiger charge is 2.36. The summed E-state index contributed by atoms with van der Waals surface area (Å²) in [6.07, 6.45) is 10.3. The SMILES string of the molecule is CC(C)c1ccccc1/C=C(\CC(=O)N1CCC2(CCCCC2)CC1)C(=O)O. The maximum absolute atomic E-state index is 12.8. The quantitative estimate of drug-likeness (QED) is 0.707. The fourth-order valence-corrected chi connectivity index (χ4v) is 4.85. The normalized spacial score (nSPS) is 19.8. The Morgan fingerprint density at radius 2 is 1.71 bits per heavy atom. The summed E-state index contributed by atoms with van der Waals surface area (Å²) < 4.78 is 0. The Kier molecular flexibility index (Phi) is 6.58. The van der Waals surface area contributed by atoms with Gasteiger partial charge in [-0.05, 0) is 54.2 Å². The number of nitrogens with zero attached hydrogens (tertiary/aromatic N) is 1. The first-order valence-electron chi connectivity index (χ1n) is 10.7. The number of hydrogen-bond acceptors (Lipinski definition) is 2. The molecule has 4 heteroatoms. The molecule has 152 valence electrons. The van der Waals surface area contributed by atoms with Gasteiger partial charge in [0, 0.05) is 18.7 Å². The van der Waals surface area contributed by atoms with Crippen LogP contribution in [-0.4, -0.2) is 35.0 Å². The molecule has 2 aliphatic rings. The van der Waals surface area contributed by atoms with Gasteiger partial charge in [-0.25, -0.2) is 4.79 Å². The van der Waals surface area contributed by atoms with Crippen LogP contribution in [0, 0.1) is 5.41 Å². The second-order valence-electron chi connectivity index (χ2n) is 8.88. The molecule has 1 aliphatic carbocycles. The Morgan fingerprint density at radius 1 is 1.07 bits per heavy atom. The van der Waals surface area contributed by atoms with Crippen LogP contribution in [0.5, 0.6) is 0 Å². The molecular formula is C24H33NO3. The standard InChI is InChI=1S/C24H33NO3/c1-18(2)21-9-5-4-8-19(21)16-20(23(27)28)17-22(26)25-14-12-24(13-15-25)10-6-3-7-11-24/h4-5,8-9,16,18H,3,6-7,10-15,17H2,1-2H3,(H,27,28)/b20-16+. The third-order valence-electron chi connectivity index (χ3n) is 6.66. The van der Waals surface area contributed by atoms with Gasteiger partial charge in [-0.3, -0.25) is 4.79 Å². The van der Waals surface area contributed by atoms with Gasteiger partial charge < -0.3 is 10.0 Å². The Hall–Kier alpha value is -2.10. The van der Waals surface area contributed by atoms with Crippen LogP contribution in [0.25, 0.3) is 6.08 Å². The molecule has 1 heterocycles. The molecule has 0 aromatic heterocycles. The number of likely N-dealkylation sites (tertiary alicyclic amines) is 1. The lowest BCUT2D eigenvalue weighted by molar-refractivity contribution is -0.137. The van der Waals surface area contributed by atoms with E-state index >= 15 is 0 Å². The summed E-state index contributed by atoms with van der Waals surface area (Å²) >= 11 is 0. The molecule has 1 saturated carbocycles. The summed E-state index contributed by atoms with van der Waals surface area (Å²) in [6, 6.07) is 7.82. The number of carboxylic acids is 1. The second kappa shape index (κ2) is 8.93. The predicted octanol–water partition coefficient (Wildman–Crippen LogP) is 5.24. The van der Waals surface area contributed by atoms with E-state index in [-0.39, 0.29) is 17.9 Å². The van der Waals surface area contributed by atoms with E-state index in [0.29, 0.717) is 11.3 Å². The van der Waals surface area contributed by atoms with Crippen LogP contribution in [0.1, 0.15) is 82.3 Å². The van der Waals surface area contributed by atoms with Crippen molar-refractivity contribution in [2.75, 3.05) is 13.1 Å². The van der Waals surface area contributed by atoms with Gasteiger partial charge in [0.2, 0.25) is 5.91 Å². The molecule has 0 bridgehead atoms. The Morgan fingerprint density at radius 3 is 2.32 bits per heavy atom. The number of piperidine rings is 1. The zero-order chi connectivity index (χ0) is 20.1. The molecule has 28 heavy (non-hydrogen) atoms. The monoisotopic (exact) mass is 383 g/mol. The molecule has 0 unspecified atom stereocenters. The molecule has 3 rings (SSSR count). The highest BCUT2D eigenvalue weighted by Crippen LogP contribution is 2.44. The Balaban J connectivity index is 1.68. The van der Waals surface area contributed by atoms with Gasteiger partial charge in [-0.1, -0.05) is 57.4 Å². The van der Waals surface area contributed by atoms with E-state index in [1.807, 2.05) is 29.2 Å². The maximum atomic E-state index is 12.8. The Bertz CT molecular complexity index is 734. The van der Waals surface area contributed by atoms with Crippen LogP contribution < -0.4 is 0 Å². The van der Waals surface area contributed by atoms with Crippen LogP contribution in [0.2, 0.25) is 0 Å². The zero-order valence-electron chi connectivity index (χ0n) is 17.2. The van der Waals surface area contributed by atoms with Crippen molar-refractivity contribution in [3.8, 4) is 0 Å². The number of carbonyl (C=O) groups is 2. The number of carbonyl (C=O) groups excluding carboxylic acids is 1. The second-order valence-corrected chi connectivity index (χ2v) is 8.88. The minimum absolute atomic E-state index is 0.0330. The van der Waals surface area contributed by atoms with Gasteiger partial charge in [0.25, 0.3) is 0 Å².